The van der Waals surface area contributed by atoms with Crippen LogP contribution >= 0.6 is 0 Å². The topological polar surface area (TPSA) is 53.1 Å². The predicted molar refractivity (Wildman–Crippen MR) is 53.2 cm³/mol. The third-order valence-corrected chi connectivity index (χ3v) is 2.02. The van der Waals surface area contributed by atoms with Crippen molar-refractivity contribution in [2.75, 3.05) is 0 Å². The Morgan fingerprint density at radius 2 is 2.21 bits per heavy atom. The first kappa shape index (κ1) is 8.39. The number of terminal acetylenes is 1. The Bertz CT molecular complexity index is 546. The van der Waals surface area contributed by atoms with Crippen LogP contribution in [0.5, 0.6) is 0 Å². The van der Waals surface area contributed by atoms with Crippen LogP contribution < -0.4 is 0 Å². The second-order valence-corrected chi connectivity index (χ2v) is 2.93. The van der Waals surface area contributed by atoms with E-state index >= 15 is 0 Å². The van der Waals surface area contributed by atoms with Crippen LogP contribution in [0.3, 0.4) is 0 Å². The summed E-state index contributed by atoms with van der Waals surface area (Å²) in [6, 6.07) is 6.91. The quantitative estimate of drug-likeness (QED) is 0.666. The van der Waals surface area contributed by atoms with Gasteiger partial charge < -0.3 is 10.1 Å². The maximum absolute atomic E-state index is 10.7. The lowest BCUT2D eigenvalue weighted by Crippen LogP contribution is -1.94. The molecule has 0 amide bonds. The molecule has 3 heteroatoms. The minimum Gasteiger partial charge on any atom is -0.477 e. The standard InChI is InChI=1S/C11H7NO2/c1-2-7-3-4-8-6-10(11(13)14)12-9(8)5-7/h1,3-6,12H,(H,13,14). The molecule has 0 fully saturated rings. The van der Waals surface area contributed by atoms with Crippen LogP contribution in [0.1, 0.15) is 16.1 Å². The molecule has 0 aliphatic heterocycles. The predicted octanol–water partition coefficient (Wildman–Crippen LogP) is 1.85. The molecule has 1 aromatic carbocycles. The molecule has 1 aromatic heterocycles. The summed E-state index contributed by atoms with van der Waals surface area (Å²) in [4.78, 5) is 13.4. The molecule has 0 unspecified atom stereocenters. The number of rotatable bonds is 1. The molecule has 0 atom stereocenters. The molecular formula is C11H7NO2. The van der Waals surface area contributed by atoms with Crippen LogP contribution in [0.4, 0.5) is 0 Å². The lowest BCUT2D eigenvalue weighted by atomic mass is 10.2. The summed E-state index contributed by atoms with van der Waals surface area (Å²) in [5, 5.41) is 9.59. The molecule has 0 spiro atoms. The van der Waals surface area contributed by atoms with E-state index in [1.807, 2.05) is 0 Å². The van der Waals surface area contributed by atoms with Gasteiger partial charge in [0.1, 0.15) is 5.69 Å². The number of H-pyrrole nitrogens is 1. The fourth-order valence-corrected chi connectivity index (χ4v) is 1.33. The van der Waals surface area contributed by atoms with Gasteiger partial charge in [0.05, 0.1) is 0 Å². The zero-order valence-corrected chi connectivity index (χ0v) is 7.24. The zero-order valence-electron chi connectivity index (χ0n) is 7.24. The van der Waals surface area contributed by atoms with Crippen molar-refractivity contribution >= 4 is 16.9 Å². The van der Waals surface area contributed by atoms with Crippen LogP contribution in [0, 0.1) is 12.3 Å². The van der Waals surface area contributed by atoms with Gasteiger partial charge in [-0.3, -0.25) is 0 Å². The number of aromatic amines is 1. The van der Waals surface area contributed by atoms with Crippen molar-refractivity contribution in [2.45, 2.75) is 0 Å². The second-order valence-electron chi connectivity index (χ2n) is 2.93. The minimum atomic E-state index is -0.969. The molecule has 2 N–H and O–H groups in total. The average Bonchev–Trinajstić information content (AvgIpc) is 2.59. The number of aromatic nitrogens is 1. The summed E-state index contributed by atoms with van der Waals surface area (Å²) < 4.78 is 0. The average molecular weight is 185 g/mol. The SMILES string of the molecule is C#Cc1ccc2cc(C(=O)O)[nH]c2c1. The van der Waals surface area contributed by atoms with Gasteiger partial charge in [-0.25, -0.2) is 4.79 Å². The van der Waals surface area contributed by atoms with Crippen molar-refractivity contribution < 1.29 is 9.90 Å². The summed E-state index contributed by atoms with van der Waals surface area (Å²) in [6.45, 7) is 0. The first-order valence-electron chi connectivity index (χ1n) is 4.03. The van der Waals surface area contributed by atoms with Gasteiger partial charge in [-0.2, -0.15) is 0 Å². The fourth-order valence-electron chi connectivity index (χ4n) is 1.33. The summed E-state index contributed by atoms with van der Waals surface area (Å²) in [6.07, 6.45) is 5.23. The molecule has 0 aliphatic rings. The monoisotopic (exact) mass is 185 g/mol. The van der Waals surface area contributed by atoms with Gasteiger partial charge in [0, 0.05) is 16.5 Å². The van der Waals surface area contributed by atoms with E-state index in [1.165, 1.54) is 0 Å². The Kier molecular flexibility index (Phi) is 1.76. The lowest BCUT2D eigenvalue weighted by Gasteiger charge is -1.90. The molecule has 0 saturated heterocycles. The van der Waals surface area contributed by atoms with Crippen molar-refractivity contribution in [3.05, 3.63) is 35.5 Å². The number of carboxylic acids is 1. The summed E-state index contributed by atoms with van der Waals surface area (Å²) in [7, 11) is 0. The lowest BCUT2D eigenvalue weighted by molar-refractivity contribution is 0.0691. The van der Waals surface area contributed by atoms with Crippen molar-refractivity contribution in [3.8, 4) is 12.3 Å². The number of carboxylic acid groups (broad SMARTS) is 1. The highest BCUT2D eigenvalue weighted by molar-refractivity contribution is 5.94. The van der Waals surface area contributed by atoms with Crippen molar-refractivity contribution in [2.24, 2.45) is 0 Å². The van der Waals surface area contributed by atoms with Gasteiger partial charge in [0.2, 0.25) is 0 Å². The van der Waals surface area contributed by atoms with Gasteiger partial charge in [0.25, 0.3) is 0 Å². The van der Waals surface area contributed by atoms with Crippen molar-refractivity contribution in [1.82, 2.24) is 4.98 Å². The second kappa shape index (κ2) is 2.93. The van der Waals surface area contributed by atoms with Gasteiger partial charge in [-0.05, 0) is 18.2 Å². The van der Waals surface area contributed by atoms with E-state index in [2.05, 4.69) is 10.9 Å². The largest absolute Gasteiger partial charge is 0.477 e. The van der Waals surface area contributed by atoms with E-state index in [-0.39, 0.29) is 5.69 Å². The third-order valence-electron chi connectivity index (χ3n) is 2.02. The summed E-state index contributed by atoms with van der Waals surface area (Å²) in [5.41, 5.74) is 1.66. The number of hydrogen-bond donors (Lipinski definition) is 2. The Labute approximate surface area is 80.4 Å². The Morgan fingerprint density at radius 1 is 1.43 bits per heavy atom. The van der Waals surface area contributed by atoms with E-state index in [4.69, 9.17) is 11.5 Å². The Morgan fingerprint density at radius 3 is 2.86 bits per heavy atom. The third kappa shape index (κ3) is 1.23. The van der Waals surface area contributed by atoms with Crippen LogP contribution in [-0.4, -0.2) is 16.1 Å². The van der Waals surface area contributed by atoms with Crippen LogP contribution in [0.2, 0.25) is 0 Å². The minimum absolute atomic E-state index is 0.175. The molecule has 2 aromatic rings. The van der Waals surface area contributed by atoms with Gasteiger partial charge >= 0.3 is 5.97 Å². The Hall–Kier alpha value is -2.21. The number of hydrogen-bond acceptors (Lipinski definition) is 1. The summed E-state index contributed by atoms with van der Waals surface area (Å²) in [5.74, 6) is 1.52. The number of benzene rings is 1. The molecule has 0 radical (unpaired) electrons. The number of aromatic carboxylic acids is 1. The van der Waals surface area contributed by atoms with E-state index in [9.17, 15) is 4.79 Å². The smallest absolute Gasteiger partial charge is 0.352 e. The molecular weight excluding hydrogens is 178 g/mol. The first-order chi connectivity index (χ1) is 6.70. The normalized spacial score (nSPS) is 9.93. The van der Waals surface area contributed by atoms with Crippen molar-refractivity contribution in [3.63, 3.8) is 0 Å². The molecule has 1 heterocycles. The van der Waals surface area contributed by atoms with Crippen molar-refractivity contribution in [1.29, 1.82) is 0 Å². The number of carbonyl (C=O) groups is 1. The zero-order chi connectivity index (χ0) is 10.1. The highest BCUT2D eigenvalue weighted by Crippen LogP contribution is 2.16. The van der Waals surface area contributed by atoms with E-state index in [0.29, 0.717) is 0 Å². The van der Waals surface area contributed by atoms with Crippen LogP contribution in [0.25, 0.3) is 10.9 Å². The maximum Gasteiger partial charge on any atom is 0.352 e. The number of nitrogens with one attached hydrogen (secondary N) is 1. The van der Waals surface area contributed by atoms with Gasteiger partial charge in [-0.15, -0.1) is 6.42 Å². The molecule has 14 heavy (non-hydrogen) atoms. The number of fused-ring (bicyclic) bond motifs is 1. The van der Waals surface area contributed by atoms with E-state index in [0.717, 1.165) is 16.5 Å². The molecule has 2 rings (SSSR count). The highest BCUT2D eigenvalue weighted by atomic mass is 16.4. The van der Waals surface area contributed by atoms with E-state index < -0.39 is 5.97 Å². The molecule has 0 aliphatic carbocycles. The van der Waals surface area contributed by atoms with Gasteiger partial charge in [0.15, 0.2) is 0 Å². The molecule has 68 valence electrons. The van der Waals surface area contributed by atoms with E-state index in [1.54, 1.807) is 24.3 Å². The first-order valence-corrected chi connectivity index (χ1v) is 4.03. The summed E-state index contributed by atoms with van der Waals surface area (Å²) >= 11 is 0. The maximum atomic E-state index is 10.7. The molecule has 0 bridgehead atoms. The Balaban J connectivity index is 2.67. The van der Waals surface area contributed by atoms with Crippen LogP contribution in [-0.2, 0) is 0 Å². The van der Waals surface area contributed by atoms with Gasteiger partial charge in [-0.1, -0.05) is 12.0 Å². The highest BCUT2D eigenvalue weighted by Gasteiger charge is 2.06. The fraction of sp³-hybridized carbons (Fsp3) is 0. The molecule has 0 saturated carbocycles. The molecule has 3 nitrogen and oxygen atoms in total. The van der Waals surface area contributed by atoms with Crippen LogP contribution in [0.15, 0.2) is 24.3 Å².